The average molecular weight is 405 g/mol. The highest BCUT2D eigenvalue weighted by Crippen LogP contribution is 2.14. The van der Waals surface area contributed by atoms with Crippen molar-refractivity contribution in [3.05, 3.63) is 95.8 Å². The molecule has 150 valence electrons. The molecule has 3 rings (SSSR count). The first-order valence-electron chi connectivity index (χ1n) is 8.78. The molecule has 0 radical (unpaired) electrons. The molecule has 3 aromatic rings. The van der Waals surface area contributed by atoms with Crippen molar-refractivity contribution < 1.29 is 23.5 Å². The standard InChI is InChI=1S/C22H16FN3O4/c23-17-9-11-18(12-10-17)25-20(27)21(28)26-24-14-15-5-4-8-19(13-15)30-22(29)16-6-2-1-3-7-16/h1-14H,(H,25,27)(H,26,28)/b24-14+. The number of esters is 1. The maximum Gasteiger partial charge on any atom is 0.343 e. The van der Waals surface area contributed by atoms with Crippen molar-refractivity contribution >= 4 is 29.7 Å². The third kappa shape index (κ3) is 5.83. The number of anilines is 1. The van der Waals surface area contributed by atoms with Crippen LogP contribution in [0.1, 0.15) is 15.9 Å². The Labute approximate surface area is 171 Å². The molecule has 0 atom stereocenters. The highest BCUT2D eigenvalue weighted by atomic mass is 19.1. The van der Waals surface area contributed by atoms with Crippen molar-refractivity contribution in [3.63, 3.8) is 0 Å². The van der Waals surface area contributed by atoms with E-state index in [4.69, 9.17) is 4.74 Å². The number of ether oxygens (including phenoxy) is 1. The number of benzene rings is 3. The first-order chi connectivity index (χ1) is 14.5. The largest absolute Gasteiger partial charge is 0.423 e. The predicted molar refractivity (Wildman–Crippen MR) is 109 cm³/mol. The summed E-state index contributed by atoms with van der Waals surface area (Å²) >= 11 is 0. The zero-order chi connectivity index (χ0) is 21.3. The summed E-state index contributed by atoms with van der Waals surface area (Å²) in [5.74, 6) is -2.62. The van der Waals surface area contributed by atoms with Crippen LogP contribution in [0.2, 0.25) is 0 Å². The lowest BCUT2D eigenvalue weighted by atomic mass is 10.2. The fraction of sp³-hybridized carbons (Fsp3) is 0. The number of amides is 2. The molecular weight excluding hydrogens is 389 g/mol. The fourth-order valence-electron chi connectivity index (χ4n) is 2.34. The molecule has 0 aliphatic carbocycles. The van der Waals surface area contributed by atoms with Gasteiger partial charge in [-0.15, -0.1) is 0 Å². The van der Waals surface area contributed by atoms with Crippen molar-refractivity contribution in [2.75, 3.05) is 5.32 Å². The van der Waals surface area contributed by atoms with Gasteiger partial charge >= 0.3 is 17.8 Å². The van der Waals surface area contributed by atoms with Gasteiger partial charge in [-0.1, -0.05) is 30.3 Å². The molecule has 7 nitrogen and oxygen atoms in total. The Bertz CT molecular complexity index is 1080. The molecule has 2 N–H and O–H groups in total. The van der Waals surface area contributed by atoms with E-state index in [1.165, 1.54) is 18.3 Å². The molecule has 2 amide bonds. The van der Waals surface area contributed by atoms with E-state index in [0.29, 0.717) is 16.9 Å². The number of rotatable bonds is 5. The van der Waals surface area contributed by atoms with Gasteiger partial charge in [0.1, 0.15) is 11.6 Å². The SMILES string of the molecule is O=C(N/N=C/c1cccc(OC(=O)c2ccccc2)c1)C(=O)Nc1ccc(F)cc1. The van der Waals surface area contributed by atoms with Gasteiger partial charge in [-0.2, -0.15) is 5.10 Å². The van der Waals surface area contributed by atoms with Crippen LogP contribution in [0.4, 0.5) is 10.1 Å². The molecule has 0 bridgehead atoms. The number of nitrogens with zero attached hydrogens (tertiary/aromatic N) is 1. The minimum absolute atomic E-state index is 0.272. The average Bonchev–Trinajstić information content (AvgIpc) is 2.76. The number of hydrazone groups is 1. The van der Waals surface area contributed by atoms with Gasteiger partial charge in [0.05, 0.1) is 11.8 Å². The lowest BCUT2D eigenvalue weighted by molar-refractivity contribution is -0.136. The summed E-state index contributed by atoms with van der Waals surface area (Å²) in [6.07, 6.45) is 1.29. The molecule has 0 aliphatic rings. The van der Waals surface area contributed by atoms with Gasteiger partial charge in [0.25, 0.3) is 0 Å². The predicted octanol–water partition coefficient (Wildman–Crippen LogP) is 3.13. The molecule has 0 saturated carbocycles. The molecule has 0 saturated heterocycles. The molecule has 8 heteroatoms. The Kier molecular flexibility index (Phi) is 6.63. The number of carbonyl (C=O) groups is 3. The normalized spacial score (nSPS) is 10.4. The minimum atomic E-state index is -0.998. The minimum Gasteiger partial charge on any atom is -0.423 e. The Balaban J connectivity index is 1.55. The van der Waals surface area contributed by atoms with E-state index in [2.05, 4.69) is 15.8 Å². The first kappa shape index (κ1) is 20.4. The van der Waals surface area contributed by atoms with Gasteiger partial charge < -0.3 is 10.1 Å². The van der Waals surface area contributed by atoms with Crippen LogP contribution in [0.5, 0.6) is 5.75 Å². The maximum atomic E-state index is 12.9. The van der Waals surface area contributed by atoms with Crippen molar-refractivity contribution in [1.29, 1.82) is 0 Å². The van der Waals surface area contributed by atoms with E-state index in [9.17, 15) is 18.8 Å². The second-order valence-corrected chi connectivity index (χ2v) is 5.99. The summed E-state index contributed by atoms with van der Waals surface area (Å²) in [4.78, 5) is 35.7. The number of nitrogens with one attached hydrogen (secondary N) is 2. The van der Waals surface area contributed by atoms with Crippen molar-refractivity contribution in [1.82, 2.24) is 5.43 Å². The van der Waals surface area contributed by atoms with Gasteiger partial charge in [-0.3, -0.25) is 9.59 Å². The maximum absolute atomic E-state index is 12.9. The fourth-order valence-corrected chi connectivity index (χ4v) is 2.34. The molecular formula is C22H16FN3O4. The van der Waals surface area contributed by atoms with E-state index < -0.39 is 23.6 Å². The molecule has 3 aromatic carbocycles. The summed E-state index contributed by atoms with van der Waals surface area (Å²) in [6.45, 7) is 0. The van der Waals surface area contributed by atoms with Crippen LogP contribution in [-0.4, -0.2) is 24.0 Å². The highest BCUT2D eigenvalue weighted by Gasteiger charge is 2.13. The number of carbonyl (C=O) groups excluding carboxylic acids is 3. The van der Waals surface area contributed by atoms with E-state index in [1.807, 2.05) is 0 Å². The van der Waals surface area contributed by atoms with Crippen LogP contribution in [0.25, 0.3) is 0 Å². The van der Waals surface area contributed by atoms with Gasteiger partial charge in [-0.25, -0.2) is 14.6 Å². The number of halogens is 1. The van der Waals surface area contributed by atoms with Gasteiger partial charge in [0, 0.05) is 5.69 Å². The van der Waals surface area contributed by atoms with Crippen LogP contribution in [0, 0.1) is 5.82 Å². The zero-order valence-electron chi connectivity index (χ0n) is 15.5. The Hall–Kier alpha value is -4.33. The van der Waals surface area contributed by atoms with Crippen LogP contribution < -0.4 is 15.5 Å². The summed E-state index contributed by atoms with van der Waals surface area (Å²) in [5.41, 5.74) is 3.30. The summed E-state index contributed by atoms with van der Waals surface area (Å²) < 4.78 is 18.2. The lowest BCUT2D eigenvalue weighted by Gasteiger charge is -2.05. The van der Waals surface area contributed by atoms with Gasteiger partial charge in [-0.05, 0) is 54.1 Å². The van der Waals surface area contributed by atoms with Crippen LogP contribution in [-0.2, 0) is 9.59 Å². The Morgan fingerprint density at radius 2 is 1.60 bits per heavy atom. The number of hydrogen-bond acceptors (Lipinski definition) is 5. The number of hydrogen-bond donors (Lipinski definition) is 2. The van der Waals surface area contributed by atoms with Crippen molar-refractivity contribution in [2.24, 2.45) is 5.10 Å². The zero-order valence-corrected chi connectivity index (χ0v) is 15.5. The lowest BCUT2D eigenvalue weighted by Crippen LogP contribution is -2.32. The molecule has 30 heavy (non-hydrogen) atoms. The summed E-state index contributed by atoms with van der Waals surface area (Å²) in [5, 5.41) is 6.03. The van der Waals surface area contributed by atoms with Gasteiger partial charge in [0.2, 0.25) is 0 Å². The Morgan fingerprint density at radius 3 is 2.33 bits per heavy atom. The van der Waals surface area contributed by atoms with Gasteiger partial charge in [0.15, 0.2) is 0 Å². The summed E-state index contributed by atoms with van der Waals surface area (Å²) in [7, 11) is 0. The van der Waals surface area contributed by atoms with Crippen LogP contribution >= 0.6 is 0 Å². The third-order valence-electron chi connectivity index (χ3n) is 3.77. The van der Waals surface area contributed by atoms with Crippen LogP contribution in [0.3, 0.4) is 0 Å². The van der Waals surface area contributed by atoms with E-state index >= 15 is 0 Å². The second kappa shape index (κ2) is 9.74. The second-order valence-electron chi connectivity index (χ2n) is 5.99. The smallest absolute Gasteiger partial charge is 0.343 e. The van der Waals surface area contributed by atoms with Crippen LogP contribution in [0.15, 0.2) is 84.0 Å². The monoisotopic (exact) mass is 405 g/mol. The Morgan fingerprint density at radius 1 is 0.867 bits per heavy atom. The highest BCUT2D eigenvalue weighted by molar-refractivity contribution is 6.39. The van der Waals surface area contributed by atoms with E-state index in [-0.39, 0.29) is 5.69 Å². The van der Waals surface area contributed by atoms with Crippen molar-refractivity contribution in [3.8, 4) is 5.75 Å². The molecule has 0 unspecified atom stereocenters. The van der Waals surface area contributed by atoms with Crippen molar-refractivity contribution in [2.45, 2.75) is 0 Å². The van der Waals surface area contributed by atoms with E-state index in [0.717, 1.165) is 12.1 Å². The van der Waals surface area contributed by atoms with E-state index in [1.54, 1.807) is 54.6 Å². The topological polar surface area (TPSA) is 96.9 Å². The molecule has 0 aromatic heterocycles. The third-order valence-corrected chi connectivity index (χ3v) is 3.77. The first-order valence-corrected chi connectivity index (χ1v) is 8.78. The molecule has 0 spiro atoms. The summed E-state index contributed by atoms with van der Waals surface area (Å²) in [6, 6.07) is 20.0. The molecule has 0 aliphatic heterocycles. The quantitative estimate of drug-likeness (QED) is 0.224. The molecule has 0 heterocycles. The molecule has 0 fully saturated rings.